The van der Waals surface area contributed by atoms with Gasteiger partial charge in [-0.05, 0) is 30.2 Å². The Morgan fingerprint density at radius 2 is 1.91 bits per heavy atom. The number of benzene rings is 2. The van der Waals surface area contributed by atoms with Crippen molar-refractivity contribution < 1.29 is 13.6 Å². The van der Waals surface area contributed by atoms with Crippen molar-refractivity contribution in [3.63, 3.8) is 0 Å². The number of fused-ring (bicyclic) bond motifs is 1. The summed E-state index contributed by atoms with van der Waals surface area (Å²) in [4.78, 5) is 13.5. The second-order valence-electron chi connectivity index (χ2n) is 5.40. The van der Waals surface area contributed by atoms with E-state index in [0.29, 0.717) is 11.4 Å². The summed E-state index contributed by atoms with van der Waals surface area (Å²) in [6.45, 7) is 2.16. The first-order chi connectivity index (χ1) is 10.6. The van der Waals surface area contributed by atoms with Gasteiger partial charge in [-0.3, -0.25) is 4.79 Å². The molecule has 1 unspecified atom stereocenters. The van der Waals surface area contributed by atoms with Gasteiger partial charge in [0.2, 0.25) is 0 Å². The lowest BCUT2D eigenvalue weighted by Crippen LogP contribution is -2.51. The van der Waals surface area contributed by atoms with E-state index in [9.17, 15) is 13.6 Å². The number of anilines is 2. The molecule has 1 aliphatic heterocycles. The molecule has 0 bridgehead atoms. The van der Waals surface area contributed by atoms with E-state index >= 15 is 0 Å². The topological polar surface area (TPSA) is 32.3 Å². The molecule has 2 aromatic carbocycles. The molecule has 0 saturated carbocycles. The molecule has 114 valence electrons. The van der Waals surface area contributed by atoms with Crippen molar-refractivity contribution in [2.75, 3.05) is 10.2 Å². The molecule has 0 radical (unpaired) electrons. The fraction of sp³-hybridized carbons (Fsp3) is 0.235. The maximum atomic E-state index is 13.4. The highest BCUT2D eigenvalue weighted by molar-refractivity contribution is 6.03. The number of alkyl halides is 2. The highest BCUT2D eigenvalue weighted by atomic mass is 19.3. The molecule has 1 heterocycles. The van der Waals surface area contributed by atoms with Crippen LogP contribution >= 0.6 is 0 Å². The van der Waals surface area contributed by atoms with Gasteiger partial charge < -0.3 is 10.2 Å². The largest absolute Gasteiger partial charge is 0.349 e. The molecule has 1 aliphatic rings. The summed E-state index contributed by atoms with van der Waals surface area (Å²) in [6.07, 6.45) is -2.75. The zero-order valence-electron chi connectivity index (χ0n) is 12.1. The summed E-state index contributed by atoms with van der Waals surface area (Å²) in [5.41, 5.74) is 3.05. The summed E-state index contributed by atoms with van der Waals surface area (Å²) >= 11 is 0. The van der Waals surface area contributed by atoms with Crippen LogP contribution in [0.15, 0.2) is 48.5 Å². The van der Waals surface area contributed by atoms with Crippen molar-refractivity contribution in [3.8, 4) is 0 Å². The predicted molar refractivity (Wildman–Crippen MR) is 82.2 cm³/mol. The quantitative estimate of drug-likeness (QED) is 0.940. The lowest BCUT2D eigenvalue weighted by molar-refractivity contribution is -0.120. The van der Waals surface area contributed by atoms with E-state index in [2.05, 4.69) is 5.32 Å². The molecule has 0 spiro atoms. The van der Waals surface area contributed by atoms with Crippen molar-refractivity contribution in [3.05, 3.63) is 59.7 Å². The number of carbonyl (C=O) groups is 1. The van der Waals surface area contributed by atoms with Crippen LogP contribution < -0.4 is 10.2 Å². The third kappa shape index (κ3) is 2.66. The minimum Gasteiger partial charge on any atom is -0.349 e. The number of rotatable bonds is 3. The van der Waals surface area contributed by atoms with E-state index in [1.54, 1.807) is 6.07 Å². The van der Waals surface area contributed by atoms with Crippen LogP contribution in [0.3, 0.4) is 0 Å². The molecular weight excluding hydrogens is 286 g/mol. The van der Waals surface area contributed by atoms with Crippen LogP contribution in [0.2, 0.25) is 0 Å². The Balaban J connectivity index is 2.05. The van der Waals surface area contributed by atoms with Crippen LogP contribution in [0.1, 0.15) is 11.1 Å². The molecule has 2 aromatic rings. The number of nitrogens with zero attached hydrogens (tertiary/aromatic N) is 1. The van der Waals surface area contributed by atoms with Gasteiger partial charge in [-0.15, -0.1) is 0 Å². The summed E-state index contributed by atoms with van der Waals surface area (Å²) in [6, 6.07) is 13.3. The van der Waals surface area contributed by atoms with E-state index < -0.39 is 18.4 Å². The molecule has 5 heteroatoms. The number of hydrogen-bond donors (Lipinski definition) is 1. The summed E-state index contributed by atoms with van der Waals surface area (Å²) in [5, 5.41) is 2.57. The Kier molecular flexibility index (Phi) is 3.79. The van der Waals surface area contributed by atoms with Gasteiger partial charge in [-0.2, -0.15) is 0 Å². The molecule has 1 amide bonds. The third-order valence-corrected chi connectivity index (χ3v) is 3.76. The lowest BCUT2D eigenvalue weighted by atomic mass is 10.0. The monoisotopic (exact) mass is 302 g/mol. The number of hydrogen-bond acceptors (Lipinski definition) is 2. The average Bonchev–Trinajstić information content (AvgIpc) is 2.48. The number of halogens is 2. The SMILES string of the molecule is Cc1ccc2c(c1)N(Cc1ccccc1)C(C(F)F)C(=O)N2. The van der Waals surface area contributed by atoms with E-state index in [1.165, 1.54) is 4.90 Å². The number of amides is 1. The third-order valence-electron chi connectivity index (χ3n) is 3.76. The summed E-state index contributed by atoms with van der Waals surface area (Å²) in [7, 11) is 0. The van der Waals surface area contributed by atoms with Crippen LogP contribution in [0.25, 0.3) is 0 Å². The van der Waals surface area contributed by atoms with Gasteiger partial charge in [0.1, 0.15) is 0 Å². The smallest absolute Gasteiger partial charge is 0.267 e. The van der Waals surface area contributed by atoms with E-state index in [1.807, 2.05) is 49.4 Å². The molecule has 0 aromatic heterocycles. The minimum absolute atomic E-state index is 0.264. The fourth-order valence-electron chi connectivity index (χ4n) is 2.70. The Hall–Kier alpha value is -2.43. The van der Waals surface area contributed by atoms with Crippen molar-refractivity contribution >= 4 is 17.3 Å². The lowest BCUT2D eigenvalue weighted by Gasteiger charge is -2.37. The van der Waals surface area contributed by atoms with Gasteiger partial charge in [-0.25, -0.2) is 8.78 Å². The van der Waals surface area contributed by atoms with E-state index in [0.717, 1.165) is 11.1 Å². The minimum atomic E-state index is -2.75. The van der Waals surface area contributed by atoms with Gasteiger partial charge in [-0.1, -0.05) is 36.4 Å². The first-order valence-electron chi connectivity index (χ1n) is 7.06. The Morgan fingerprint density at radius 1 is 1.18 bits per heavy atom. The maximum absolute atomic E-state index is 13.4. The molecular formula is C17H16F2N2O. The van der Waals surface area contributed by atoms with Crippen LogP contribution in [-0.2, 0) is 11.3 Å². The van der Waals surface area contributed by atoms with E-state index in [4.69, 9.17) is 0 Å². The van der Waals surface area contributed by atoms with Crippen molar-refractivity contribution in [2.45, 2.75) is 25.9 Å². The predicted octanol–water partition coefficient (Wildman–Crippen LogP) is 3.59. The van der Waals surface area contributed by atoms with Crippen LogP contribution in [0.4, 0.5) is 20.2 Å². The molecule has 1 atom stereocenters. The Morgan fingerprint density at radius 3 is 2.59 bits per heavy atom. The first-order valence-corrected chi connectivity index (χ1v) is 7.06. The van der Waals surface area contributed by atoms with Gasteiger partial charge in [0, 0.05) is 6.54 Å². The number of aryl methyl sites for hydroxylation is 1. The second kappa shape index (κ2) is 5.75. The molecule has 0 saturated heterocycles. The van der Waals surface area contributed by atoms with Gasteiger partial charge in [0.05, 0.1) is 11.4 Å². The molecule has 0 fully saturated rings. The van der Waals surface area contributed by atoms with Crippen LogP contribution in [-0.4, -0.2) is 18.4 Å². The van der Waals surface area contributed by atoms with Crippen molar-refractivity contribution in [2.24, 2.45) is 0 Å². The normalized spacial score (nSPS) is 17.4. The Bertz CT molecular complexity index is 688. The second-order valence-corrected chi connectivity index (χ2v) is 5.40. The average molecular weight is 302 g/mol. The number of nitrogens with one attached hydrogen (secondary N) is 1. The van der Waals surface area contributed by atoms with Crippen LogP contribution in [0, 0.1) is 6.92 Å². The first kappa shape index (κ1) is 14.5. The highest BCUT2D eigenvalue weighted by Crippen LogP contribution is 2.35. The molecule has 3 rings (SSSR count). The van der Waals surface area contributed by atoms with Crippen LogP contribution in [0.5, 0.6) is 0 Å². The summed E-state index contributed by atoms with van der Waals surface area (Å²) < 4.78 is 26.8. The van der Waals surface area contributed by atoms with Gasteiger partial charge in [0.15, 0.2) is 6.04 Å². The maximum Gasteiger partial charge on any atom is 0.267 e. The molecule has 22 heavy (non-hydrogen) atoms. The highest BCUT2D eigenvalue weighted by Gasteiger charge is 2.39. The standard InChI is InChI=1S/C17H16F2N2O/c1-11-7-8-13-14(9-11)21(10-12-5-3-2-4-6-12)15(16(18)19)17(22)20-13/h2-9,15-16H,10H2,1H3,(H,20,22). The fourth-order valence-corrected chi connectivity index (χ4v) is 2.70. The van der Waals surface area contributed by atoms with Crippen molar-refractivity contribution in [1.82, 2.24) is 0 Å². The van der Waals surface area contributed by atoms with E-state index in [-0.39, 0.29) is 6.54 Å². The zero-order valence-corrected chi connectivity index (χ0v) is 12.1. The van der Waals surface area contributed by atoms with Crippen molar-refractivity contribution in [1.29, 1.82) is 0 Å². The van der Waals surface area contributed by atoms with Gasteiger partial charge in [0.25, 0.3) is 12.3 Å². The number of carbonyl (C=O) groups excluding carboxylic acids is 1. The van der Waals surface area contributed by atoms with Gasteiger partial charge >= 0.3 is 0 Å². The molecule has 1 N–H and O–H groups in total. The Labute approximate surface area is 127 Å². The zero-order chi connectivity index (χ0) is 15.7. The molecule has 0 aliphatic carbocycles. The summed E-state index contributed by atoms with van der Waals surface area (Å²) in [5.74, 6) is -0.665. The molecule has 3 nitrogen and oxygen atoms in total.